The van der Waals surface area contributed by atoms with Crippen molar-refractivity contribution in [2.24, 2.45) is 0 Å². The molecule has 11 nitrogen and oxygen atoms in total. The van der Waals surface area contributed by atoms with E-state index >= 15 is 8.78 Å². The number of benzene rings is 3. The number of pyridine rings is 1. The summed E-state index contributed by atoms with van der Waals surface area (Å²) in [5.74, 6) is -6.39. The fraction of sp³-hybridized carbons (Fsp3) is 0.300. The second-order valence-electron chi connectivity index (χ2n) is 13.7. The predicted molar refractivity (Wildman–Crippen MR) is 199 cm³/mol. The summed E-state index contributed by atoms with van der Waals surface area (Å²) in [4.78, 5) is 21.5. The van der Waals surface area contributed by atoms with E-state index in [0.717, 1.165) is 66.0 Å². The molecular formula is C40H40F4N8O3. The molecule has 1 saturated heterocycles. The molecule has 4 heterocycles. The first kappa shape index (κ1) is 37.5. The minimum absolute atomic E-state index is 0.304. The van der Waals surface area contributed by atoms with E-state index in [0.29, 0.717) is 23.7 Å². The monoisotopic (exact) mass is 756 g/mol. The number of anilines is 2. The highest BCUT2D eigenvalue weighted by Gasteiger charge is 2.57. The summed E-state index contributed by atoms with van der Waals surface area (Å²) in [5.41, 5.74) is -1.02. The Bertz CT molecular complexity index is 2270. The SMILES string of the molecule is CC[C@@H]([C@H](C)O)n1ncn(-c2ccc(N3CCN(c4ccc(-c5ccc(C(F)(F)C(O)(Cn6cccn6)c6ccc(F)cc6F)nc5)cc4)CC3)cc2)c1=O. The van der Waals surface area contributed by atoms with Gasteiger partial charge in [0.25, 0.3) is 0 Å². The van der Waals surface area contributed by atoms with Gasteiger partial charge in [0.05, 0.1) is 24.4 Å². The number of rotatable bonds is 12. The molecule has 3 aromatic heterocycles. The van der Waals surface area contributed by atoms with Gasteiger partial charge in [-0.15, -0.1) is 0 Å². The van der Waals surface area contributed by atoms with Crippen molar-refractivity contribution in [2.45, 2.75) is 50.5 Å². The van der Waals surface area contributed by atoms with Crippen LogP contribution < -0.4 is 15.5 Å². The number of piperazine rings is 1. The van der Waals surface area contributed by atoms with E-state index in [9.17, 15) is 23.8 Å². The van der Waals surface area contributed by atoms with Crippen molar-refractivity contribution in [1.29, 1.82) is 0 Å². The van der Waals surface area contributed by atoms with Crippen LogP contribution in [-0.2, 0) is 18.1 Å². The van der Waals surface area contributed by atoms with Gasteiger partial charge >= 0.3 is 11.6 Å². The van der Waals surface area contributed by atoms with Crippen LogP contribution in [0.4, 0.5) is 28.9 Å². The van der Waals surface area contributed by atoms with Gasteiger partial charge in [0.1, 0.15) is 23.7 Å². The molecule has 0 aliphatic carbocycles. The molecule has 2 N–H and O–H groups in total. The zero-order valence-corrected chi connectivity index (χ0v) is 30.2. The molecule has 1 aliphatic rings. The zero-order chi connectivity index (χ0) is 38.9. The van der Waals surface area contributed by atoms with Crippen molar-refractivity contribution in [1.82, 2.24) is 29.1 Å². The number of aromatic nitrogens is 6. The number of hydrogen-bond donors (Lipinski definition) is 2. The number of halogens is 4. The lowest BCUT2D eigenvalue weighted by Gasteiger charge is -2.37. The molecule has 6 aromatic rings. The van der Waals surface area contributed by atoms with Gasteiger partial charge in [-0.25, -0.2) is 22.8 Å². The van der Waals surface area contributed by atoms with Gasteiger partial charge in [0.2, 0.25) is 0 Å². The molecule has 7 rings (SSSR count). The smallest absolute Gasteiger partial charge is 0.350 e. The number of aliphatic hydroxyl groups is 2. The second-order valence-corrected chi connectivity index (χ2v) is 13.7. The van der Waals surface area contributed by atoms with E-state index in [2.05, 4.69) is 25.0 Å². The lowest BCUT2D eigenvalue weighted by molar-refractivity contribution is -0.207. The van der Waals surface area contributed by atoms with E-state index in [1.165, 1.54) is 46.3 Å². The number of alkyl halides is 2. The quantitative estimate of drug-likeness (QED) is 0.148. The van der Waals surface area contributed by atoms with Crippen LogP contribution in [0.3, 0.4) is 0 Å². The standard InChI is InChI=1S/C40H40F4N8O3/c1-3-36(27(2)53)52-38(54)51(26-47-52)33-13-11-32(12-14-33)49-21-19-48(20-22-49)31-9-5-28(6-10-31)29-7-16-37(45-24-29)40(43,44)39(55,25-50-18-4-17-46-50)34-15-8-30(41)23-35(34)42/h4-18,23-24,26-27,36,53,55H,3,19-22,25H2,1-2H3/t27-,36-,39?/m0/s1. The topological polar surface area (TPSA) is 117 Å². The van der Waals surface area contributed by atoms with E-state index < -0.39 is 53.1 Å². The molecule has 0 saturated carbocycles. The highest BCUT2D eigenvalue weighted by molar-refractivity contribution is 5.66. The molecule has 1 fully saturated rings. The third-order valence-electron chi connectivity index (χ3n) is 10.3. The first-order valence-corrected chi connectivity index (χ1v) is 17.9. The Morgan fingerprint density at radius 2 is 1.45 bits per heavy atom. The molecule has 0 bridgehead atoms. The van der Waals surface area contributed by atoms with Crippen molar-refractivity contribution in [3.8, 4) is 16.8 Å². The Balaban J connectivity index is 1.00. The summed E-state index contributed by atoms with van der Waals surface area (Å²) in [6.07, 6.45) is 5.32. The minimum Gasteiger partial charge on any atom is -0.391 e. The highest BCUT2D eigenvalue weighted by atomic mass is 19.3. The van der Waals surface area contributed by atoms with Gasteiger partial charge in [-0.2, -0.15) is 19.0 Å². The first-order valence-electron chi connectivity index (χ1n) is 17.9. The fourth-order valence-corrected chi connectivity index (χ4v) is 7.12. The molecule has 3 aromatic carbocycles. The van der Waals surface area contributed by atoms with Crippen LogP contribution in [0.2, 0.25) is 0 Å². The Hall–Kier alpha value is -5.80. The normalized spacial score (nSPS) is 15.9. The molecule has 1 unspecified atom stereocenters. The highest BCUT2D eigenvalue weighted by Crippen LogP contribution is 2.47. The third-order valence-corrected chi connectivity index (χ3v) is 10.3. The van der Waals surface area contributed by atoms with Crippen LogP contribution in [0.5, 0.6) is 0 Å². The fourth-order valence-electron chi connectivity index (χ4n) is 7.12. The van der Waals surface area contributed by atoms with E-state index in [4.69, 9.17) is 0 Å². The average Bonchev–Trinajstić information content (AvgIpc) is 3.84. The Morgan fingerprint density at radius 1 is 0.836 bits per heavy atom. The first-order chi connectivity index (χ1) is 26.4. The number of aliphatic hydroxyl groups excluding tert-OH is 1. The van der Waals surface area contributed by atoms with Gasteiger partial charge in [-0.3, -0.25) is 9.67 Å². The molecular weight excluding hydrogens is 716 g/mol. The maximum Gasteiger partial charge on any atom is 0.350 e. The van der Waals surface area contributed by atoms with Crippen LogP contribution in [0.25, 0.3) is 16.8 Å². The summed E-state index contributed by atoms with van der Waals surface area (Å²) in [6.45, 7) is 5.77. The Labute approximate surface area is 314 Å². The third kappa shape index (κ3) is 7.24. The summed E-state index contributed by atoms with van der Waals surface area (Å²) in [7, 11) is 0. The van der Waals surface area contributed by atoms with Crippen LogP contribution >= 0.6 is 0 Å². The van der Waals surface area contributed by atoms with Crippen LogP contribution in [0, 0.1) is 11.6 Å². The summed E-state index contributed by atoms with van der Waals surface area (Å²) >= 11 is 0. The molecule has 0 spiro atoms. The lowest BCUT2D eigenvalue weighted by Crippen LogP contribution is -2.48. The van der Waals surface area contributed by atoms with Crippen LogP contribution in [0.1, 0.15) is 37.6 Å². The van der Waals surface area contributed by atoms with Gasteiger partial charge < -0.3 is 20.0 Å². The van der Waals surface area contributed by atoms with Gasteiger partial charge in [-0.1, -0.05) is 25.1 Å². The lowest BCUT2D eigenvalue weighted by atomic mass is 9.84. The van der Waals surface area contributed by atoms with Gasteiger partial charge in [-0.05, 0) is 79.6 Å². The number of nitrogens with zero attached hydrogens (tertiary/aromatic N) is 8. The second kappa shape index (κ2) is 15.1. The molecule has 55 heavy (non-hydrogen) atoms. The Morgan fingerprint density at radius 3 is 2.00 bits per heavy atom. The number of hydrogen-bond acceptors (Lipinski definition) is 8. The minimum atomic E-state index is -4.11. The maximum absolute atomic E-state index is 16.2. The molecule has 1 aliphatic heterocycles. The molecule has 15 heteroatoms. The maximum atomic E-state index is 16.2. The van der Waals surface area contributed by atoms with Gasteiger partial charge in [0, 0.05) is 73.3 Å². The average molecular weight is 757 g/mol. The van der Waals surface area contributed by atoms with E-state index in [1.807, 2.05) is 55.5 Å². The van der Waals surface area contributed by atoms with Gasteiger partial charge in [0.15, 0.2) is 5.60 Å². The molecule has 286 valence electrons. The van der Waals surface area contributed by atoms with Crippen molar-refractivity contribution >= 4 is 11.4 Å². The largest absolute Gasteiger partial charge is 0.391 e. The van der Waals surface area contributed by atoms with E-state index in [-0.39, 0.29) is 5.69 Å². The summed E-state index contributed by atoms with van der Waals surface area (Å²) in [6, 6.07) is 21.1. The van der Waals surface area contributed by atoms with Crippen molar-refractivity contribution < 1.29 is 27.8 Å². The molecule has 3 atom stereocenters. The molecule has 0 amide bonds. The van der Waals surface area contributed by atoms with Crippen molar-refractivity contribution in [2.75, 3.05) is 36.0 Å². The summed E-state index contributed by atoms with van der Waals surface area (Å²) in [5, 5.41) is 29.7. The zero-order valence-electron chi connectivity index (χ0n) is 30.2. The Kier molecular flexibility index (Phi) is 10.3. The molecule has 0 radical (unpaired) electrons. The predicted octanol–water partition coefficient (Wildman–Crippen LogP) is 5.91. The van der Waals surface area contributed by atoms with E-state index in [1.54, 1.807) is 6.92 Å². The van der Waals surface area contributed by atoms with Crippen molar-refractivity contribution in [3.63, 3.8) is 0 Å². The van der Waals surface area contributed by atoms with Crippen molar-refractivity contribution in [3.05, 3.63) is 143 Å². The van der Waals surface area contributed by atoms with Crippen LogP contribution in [-0.4, -0.2) is 71.6 Å². The summed E-state index contributed by atoms with van der Waals surface area (Å²) < 4.78 is 64.8. The van der Waals surface area contributed by atoms with Crippen LogP contribution in [0.15, 0.2) is 115 Å².